The van der Waals surface area contributed by atoms with Gasteiger partial charge in [0.1, 0.15) is 5.65 Å². The van der Waals surface area contributed by atoms with Crippen LogP contribution in [0.25, 0.3) is 16.9 Å². The van der Waals surface area contributed by atoms with Gasteiger partial charge in [0.05, 0.1) is 22.5 Å². The molecule has 0 atom stereocenters. The van der Waals surface area contributed by atoms with Crippen molar-refractivity contribution in [1.29, 1.82) is 0 Å². The number of nitrogens with two attached hydrogens (primary N) is 1. The number of hydrogen-bond donors (Lipinski definition) is 1. The second kappa shape index (κ2) is 6.18. The number of nitrogens with zero attached hydrogens (tertiary/aromatic N) is 3. The van der Waals surface area contributed by atoms with Gasteiger partial charge in [0.2, 0.25) is 0 Å². The first-order valence-electron chi connectivity index (χ1n) is 7.58. The highest BCUT2D eigenvalue weighted by molar-refractivity contribution is 5.68. The molecule has 0 amide bonds. The van der Waals surface area contributed by atoms with Gasteiger partial charge in [-0.25, -0.2) is 4.98 Å². The van der Waals surface area contributed by atoms with Crippen LogP contribution in [0.5, 0.6) is 0 Å². The fourth-order valence-electron chi connectivity index (χ4n) is 2.71. The van der Waals surface area contributed by atoms with Crippen molar-refractivity contribution in [1.82, 2.24) is 9.38 Å². The zero-order chi connectivity index (χ0) is 16.4. The first-order chi connectivity index (χ1) is 11.1. The first kappa shape index (κ1) is 15.2. The number of benzene rings is 1. The van der Waals surface area contributed by atoms with Crippen molar-refractivity contribution in [2.75, 3.05) is 6.54 Å². The molecule has 0 saturated heterocycles. The quantitative estimate of drug-likeness (QED) is 0.580. The molecule has 118 valence electrons. The van der Waals surface area contributed by atoms with Crippen LogP contribution in [0, 0.1) is 10.1 Å². The van der Waals surface area contributed by atoms with Crippen LogP contribution >= 0.6 is 0 Å². The molecule has 2 heterocycles. The molecule has 0 radical (unpaired) electrons. The minimum atomic E-state index is -0.397. The van der Waals surface area contributed by atoms with E-state index in [1.54, 1.807) is 10.5 Å². The monoisotopic (exact) mass is 310 g/mol. The molecule has 6 heteroatoms. The van der Waals surface area contributed by atoms with E-state index in [-0.39, 0.29) is 5.69 Å². The third-order valence-corrected chi connectivity index (χ3v) is 3.90. The Labute approximate surface area is 133 Å². The highest BCUT2D eigenvalue weighted by atomic mass is 16.6. The van der Waals surface area contributed by atoms with Crippen LogP contribution in [0.15, 0.2) is 42.6 Å². The smallest absolute Gasteiger partial charge is 0.286 e. The molecule has 0 bridgehead atoms. The summed E-state index contributed by atoms with van der Waals surface area (Å²) in [5.74, 6) is 0. The zero-order valence-electron chi connectivity index (χ0n) is 12.9. The molecule has 0 aliphatic rings. The van der Waals surface area contributed by atoms with E-state index in [0.717, 1.165) is 23.4 Å². The molecule has 0 saturated carbocycles. The van der Waals surface area contributed by atoms with Crippen LogP contribution in [0.3, 0.4) is 0 Å². The Kier molecular flexibility index (Phi) is 4.08. The Bertz CT molecular complexity index is 853. The molecule has 0 spiro atoms. The lowest BCUT2D eigenvalue weighted by atomic mass is 10.1. The van der Waals surface area contributed by atoms with Crippen molar-refractivity contribution in [3.8, 4) is 11.3 Å². The summed E-state index contributed by atoms with van der Waals surface area (Å²) in [4.78, 5) is 15.2. The van der Waals surface area contributed by atoms with Gasteiger partial charge in [-0.15, -0.1) is 0 Å². The first-order valence-corrected chi connectivity index (χ1v) is 7.58. The van der Waals surface area contributed by atoms with Crippen molar-refractivity contribution in [3.63, 3.8) is 0 Å². The molecule has 6 nitrogen and oxygen atoms in total. The molecule has 3 aromatic rings. The third kappa shape index (κ3) is 2.80. The average Bonchev–Trinajstić information content (AvgIpc) is 2.92. The maximum absolute atomic E-state index is 11.1. The standard InChI is InChI=1S/C17H18N4O2/c1-2-12-3-5-13(6-4-12)17-15(9-10-18)19-16-8-7-14(21(22)23)11-20(16)17/h3-8,11H,2,9-10,18H2,1H3. The minimum Gasteiger partial charge on any atom is -0.330 e. The Morgan fingerprint density at radius 3 is 2.57 bits per heavy atom. The zero-order valence-corrected chi connectivity index (χ0v) is 12.9. The summed E-state index contributed by atoms with van der Waals surface area (Å²) < 4.78 is 1.78. The van der Waals surface area contributed by atoms with E-state index in [0.29, 0.717) is 18.6 Å². The molecule has 23 heavy (non-hydrogen) atoms. The Morgan fingerprint density at radius 1 is 1.22 bits per heavy atom. The molecule has 1 aromatic carbocycles. The predicted octanol–water partition coefficient (Wildman–Crippen LogP) is 2.97. The molecular formula is C17H18N4O2. The normalized spacial score (nSPS) is 11.0. The topological polar surface area (TPSA) is 86.5 Å². The van der Waals surface area contributed by atoms with E-state index < -0.39 is 4.92 Å². The van der Waals surface area contributed by atoms with Crippen LogP contribution in [0.2, 0.25) is 0 Å². The molecular weight excluding hydrogens is 292 g/mol. The summed E-state index contributed by atoms with van der Waals surface area (Å²) in [5.41, 5.74) is 10.4. The fraction of sp³-hybridized carbons (Fsp3) is 0.235. The van der Waals surface area contributed by atoms with Gasteiger partial charge in [0.15, 0.2) is 0 Å². The van der Waals surface area contributed by atoms with Crippen LogP contribution in [0.4, 0.5) is 5.69 Å². The van der Waals surface area contributed by atoms with Crippen molar-refractivity contribution >= 4 is 11.3 Å². The lowest BCUT2D eigenvalue weighted by Gasteiger charge is -2.06. The molecule has 0 fully saturated rings. The predicted molar refractivity (Wildman–Crippen MR) is 89.4 cm³/mol. The second-order valence-corrected chi connectivity index (χ2v) is 5.37. The van der Waals surface area contributed by atoms with Gasteiger partial charge in [-0.1, -0.05) is 31.2 Å². The fourth-order valence-corrected chi connectivity index (χ4v) is 2.71. The van der Waals surface area contributed by atoms with Crippen molar-refractivity contribution < 1.29 is 4.92 Å². The highest BCUT2D eigenvalue weighted by Gasteiger charge is 2.16. The SMILES string of the molecule is CCc1ccc(-c2c(CCN)nc3ccc([N+](=O)[O-])cn23)cc1. The Balaban J connectivity index is 2.23. The van der Waals surface area contributed by atoms with Gasteiger partial charge in [-0.2, -0.15) is 0 Å². The number of nitro groups is 1. The number of rotatable bonds is 5. The summed E-state index contributed by atoms with van der Waals surface area (Å²) in [6.45, 7) is 2.58. The van der Waals surface area contributed by atoms with Crippen molar-refractivity contribution in [3.05, 3.63) is 64.0 Å². The summed E-state index contributed by atoms with van der Waals surface area (Å²) >= 11 is 0. The van der Waals surface area contributed by atoms with Gasteiger partial charge in [-0.05, 0) is 24.6 Å². The lowest BCUT2D eigenvalue weighted by molar-refractivity contribution is -0.385. The van der Waals surface area contributed by atoms with E-state index >= 15 is 0 Å². The van der Waals surface area contributed by atoms with Gasteiger partial charge in [0.25, 0.3) is 5.69 Å². The number of fused-ring (bicyclic) bond motifs is 1. The van der Waals surface area contributed by atoms with E-state index in [1.807, 2.05) is 12.1 Å². The van der Waals surface area contributed by atoms with Crippen LogP contribution in [-0.4, -0.2) is 20.9 Å². The van der Waals surface area contributed by atoms with Gasteiger partial charge < -0.3 is 5.73 Å². The van der Waals surface area contributed by atoms with Crippen molar-refractivity contribution in [2.24, 2.45) is 5.73 Å². The average molecular weight is 310 g/mol. The van der Waals surface area contributed by atoms with Gasteiger partial charge >= 0.3 is 0 Å². The minimum absolute atomic E-state index is 0.0422. The van der Waals surface area contributed by atoms with Crippen molar-refractivity contribution in [2.45, 2.75) is 19.8 Å². The second-order valence-electron chi connectivity index (χ2n) is 5.37. The van der Waals surface area contributed by atoms with E-state index in [9.17, 15) is 10.1 Å². The third-order valence-electron chi connectivity index (χ3n) is 3.90. The molecule has 0 aliphatic heterocycles. The largest absolute Gasteiger partial charge is 0.330 e. The van der Waals surface area contributed by atoms with Gasteiger partial charge in [-0.3, -0.25) is 14.5 Å². The number of pyridine rings is 1. The Hall–Kier alpha value is -2.73. The van der Waals surface area contributed by atoms with E-state index in [4.69, 9.17) is 5.73 Å². The molecule has 0 unspecified atom stereocenters. The van der Waals surface area contributed by atoms with E-state index in [2.05, 4.69) is 24.0 Å². The maximum Gasteiger partial charge on any atom is 0.286 e. The van der Waals surface area contributed by atoms with Crippen LogP contribution in [0.1, 0.15) is 18.2 Å². The number of hydrogen-bond acceptors (Lipinski definition) is 4. The summed E-state index contributed by atoms with van der Waals surface area (Å²) in [6.07, 6.45) is 3.11. The lowest BCUT2D eigenvalue weighted by Crippen LogP contribution is -2.04. The maximum atomic E-state index is 11.1. The highest BCUT2D eigenvalue weighted by Crippen LogP contribution is 2.27. The van der Waals surface area contributed by atoms with Crippen LogP contribution < -0.4 is 5.73 Å². The van der Waals surface area contributed by atoms with Gasteiger partial charge in [0, 0.05) is 18.1 Å². The molecule has 0 aliphatic carbocycles. The summed E-state index contributed by atoms with van der Waals surface area (Å²) in [7, 11) is 0. The van der Waals surface area contributed by atoms with E-state index in [1.165, 1.54) is 17.8 Å². The summed E-state index contributed by atoms with van der Waals surface area (Å²) in [6, 6.07) is 11.3. The number of imidazole rings is 1. The molecule has 2 N–H and O–H groups in total. The summed E-state index contributed by atoms with van der Waals surface area (Å²) in [5, 5.41) is 11.1. The number of aryl methyl sites for hydroxylation is 1. The molecule has 2 aromatic heterocycles. The van der Waals surface area contributed by atoms with Crippen LogP contribution in [-0.2, 0) is 12.8 Å². The Morgan fingerprint density at radius 2 is 1.96 bits per heavy atom. The number of aromatic nitrogens is 2. The molecule has 3 rings (SSSR count).